The zero-order valence-electron chi connectivity index (χ0n) is 13.2. The molecule has 6 nitrogen and oxygen atoms in total. The molecule has 1 aromatic carbocycles. The van der Waals surface area contributed by atoms with E-state index in [0.717, 1.165) is 44.6 Å². The van der Waals surface area contributed by atoms with Gasteiger partial charge in [0.25, 0.3) is 5.91 Å². The standard InChI is InChI=1S/C17H23N3O3/c21-16(19-13-4-2-8-18-11-13)12-23-15-6-1-5-14(10-15)20-9-3-7-17(20)22/h1,5-6,10,13,18H,2-4,7-9,11-12H2,(H,19,21)/t13-/m0/s1. The van der Waals surface area contributed by atoms with Gasteiger partial charge in [-0.1, -0.05) is 6.07 Å². The Hall–Kier alpha value is -2.08. The van der Waals surface area contributed by atoms with Crippen LogP contribution >= 0.6 is 0 Å². The summed E-state index contributed by atoms with van der Waals surface area (Å²) in [6.45, 7) is 2.58. The van der Waals surface area contributed by atoms with Crippen LogP contribution in [0.2, 0.25) is 0 Å². The number of benzene rings is 1. The van der Waals surface area contributed by atoms with Gasteiger partial charge in [0, 0.05) is 37.3 Å². The topological polar surface area (TPSA) is 70.7 Å². The smallest absolute Gasteiger partial charge is 0.258 e. The molecule has 2 aliphatic heterocycles. The molecule has 1 atom stereocenters. The SMILES string of the molecule is O=C(COc1cccc(N2CCCC2=O)c1)N[C@H]1CCCNC1. The van der Waals surface area contributed by atoms with E-state index in [9.17, 15) is 9.59 Å². The van der Waals surface area contributed by atoms with Crippen LogP contribution in [0.5, 0.6) is 5.75 Å². The average molecular weight is 317 g/mol. The number of ether oxygens (including phenoxy) is 1. The summed E-state index contributed by atoms with van der Waals surface area (Å²) in [7, 11) is 0. The van der Waals surface area contributed by atoms with E-state index in [1.54, 1.807) is 11.0 Å². The lowest BCUT2D eigenvalue weighted by Gasteiger charge is -2.23. The van der Waals surface area contributed by atoms with E-state index in [0.29, 0.717) is 12.2 Å². The third-order valence-corrected chi connectivity index (χ3v) is 4.23. The van der Waals surface area contributed by atoms with Crippen molar-refractivity contribution in [2.45, 2.75) is 31.7 Å². The predicted molar refractivity (Wildman–Crippen MR) is 87.6 cm³/mol. The minimum Gasteiger partial charge on any atom is -0.484 e. The Morgan fingerprint density at radius 1 is 1.39 bits per heavy atom. The summed E-state index contributed by atoms with van der Waals surface area (Å²) in [5, 5.41) is 6.24. The van der Waals surface area contributed by atoms with Crippen LogP contribution < -0.4 is 20.3 Å². The number of nitrogens with zero attached hydrogens (tertiary/aromatic N) is 1. The van der Waals surface area contributed by atoms with Crippen LogP contribution in [0.4, 0.5) is 5.69 Å². The Morgan fingerprint density at radius 2 is 2.30 bits per heavy atom. The number of carbonyl (C=O) groups is 2. The molecular formula is C17H23N3O3. The van der Waals surface area contributed by atoms with E-state index in [1.807, 2.05) is 18.2 Å². The van der Waals surface area contributed by atoms with Gasteiger partial charge in [-0.2, -0.15) is 0 Å². The third kappa shape index (κ3) is 4.22. The molecule has 1 aromatic rings. The van der Waals surface area contributed by atoms with E-state index in [1.165, 1.54) is 0 Å². The summed E-state index contributed by atoms with van der Waals surface area (Å²) in [5.74, 6) is 0.644. The first-order valence-corrected chi connectivity index (χ1v) is 8.26. The summed E-state index contributed by atoms with van der Waals surface area (Å²) < 4.78 is 5.57. The molecule has 0 spiro atoms. The van der Waals surface area contributed by atoms with Gasteiger partial charge in [-0.05, 0) is 37.9 Å². The van der Waals surface area contributed by atoms with Crippen molar-refractivity contribution in [3.8, 4) is 5.75 Å². The average Bonchev–Trinajstić information content (AvgIpc) is 3.00. The second kappa shape index (κ2) is 7.46. The largest absolute Gasteiger partial charge is 0.484 e. The van der Waals surface area contributed by atoms with Crippen molar-refractivity contribution in [1.29, 1.82) is 0 Å². The zero-order valence-corrected chi connectivity index (χ0v) is 13.2. The quantitative estimate of drug-likeness (QED) is 0.852. The van der Waals surface area contributed by atoms with Crippen LogP contribution in [0.25, 0.3) is 0 Å². The maximum Gasteiger partial charge on any atom is 0.258 e. The lowest BCUT2D eigenvalue weighted by Crippen LogP contribution is -2.46. The Labute approximate surface area is 136 Å². The number of carbonyl (C=O) groups excluding carboxylic acids is 2. The van der Waals surface area contributed by atoms with Gasteiger partial charge in [0.1, 0.15) is 5.75 Å². The molecule has 2 aliphatic rings. The van der Waals surface area contributed by atoms with Crippen LogP contribution in [-0.4, -0.2) is 44.1 Å². The number of nitrogens with one attached hydrogen (secondary N) is 2. The fourth-order valence-electron chi connectivity index (χ4n) is 3.06. The van der Waals surface area contributed by atoms with Gasteiger partial charge in [-0.15, -0.1) is 0 Å². The van der Waals surface area contributed by atoms with Crippen molar-refractivity contribution < 1.29 is 14.3 Å². The molecule has 2 saturated heterocycles. The Bertz CT molecular complexity index is 570. The highest BCUT2D eigenvalue weighted by atomic mass is 16.5. The minimum atomic E-state index is -0.110. The molecule has 0 bridgehead atoms. The number of anilines is 1. The summed E-state index contributed by atoms with van der Waals surface area (Å²) in [4.78, 5) is 25.5. The summed E-state index contributed by atoms with van der Waals surface area (Å²) in [6.07, 6.45) is 3.58. The molecule has 0 radical (unpaired) electrons. The number of amides is 2. The van der Waals surface area contributed by atoms with Crippen molar-refractivity contribution in [2.75, 3.05) is 31.1 Å². The molecule has 23 heavy (non-hydrogen) atoms. The molecule has 2 amide bonds. The summed E-state index contributed by atoms with van der Waals surface area (Å²) in [6, 6.07) is 7.55. The third-order valence-electron chi connectivity index (χ3n) is 4.23. The van der Waals surface area contributed by atoms with Gasteiger partial charge in [-0.25, -0.2) is 0 Å². The first-order chi connectivity index (χ1) is 11.2. The molecule has 2 heterocycles. The first-order valence-electron chi connectivity index (χ1n) is 8.26. The molecule has 2 fully saturated rings. The maximum absolute atomic E-state index is 11.9. The van der Waals surface area contributed by atoms with Gasteiger partial charge >= 0.3 is 0 Å². The van der Waals surface area contributed by atoms with E-state index >= 15 is 0 Å². The highest BCUT2D eigenvalue weighted by Gasteiger charge is 2.22. The monoisotopic (exact) mass is 317 g/mol. The van der Waals surface area contributed by atoms with Gasteiger partial charge in [0.2, 0.25) is 5.91 Å². The van der Waals surface area contributed by atoms with Crippen LogP contribution in [0, 0.1) is 0 Å². The van der Waals surface area contributed by atoms with Crippen molar-refractivity contribution >= 4 is 17.5 Å². The number of hydrogen-bond acceptors (Lipinski definition) is 4. The Balaban J connectivity index is 1.51. The lowest BCUT2D eigenvalue weighted by molar-refractivity contribution is -0.124. The van der Waals surface area contributed by atoms with Gasteiger partial charge in [0.05, 0.1) is 0 Å². The van der Waals surface area contributed by atoms with Crippen molar-refractivity contribution in [1.82, 2.24) is 10.6 Å². The highest BCUT2D eigenvalue weighted by Crippen LogP contribution is 2.25. The Kier molecular flexibility index (Phi) is 5.12. The van der Waals surface area contributed by atoms with Crippen LogP contribution in [0.15, 0.2) is 24.3 Å². The minimum absolute atomic E-state index is 0.00605. The molecule has 6 heteroatoms. The number of piperidine rings is 1. The van der Waals surface area contributed by atoms with E-state index in [2.05, 4.69) is 10.6 Å². The molecule has 3 rings (SSSR count). The van der Waals surface area contributed by atoms with E-state index < -0.39 is 0 Å². The maximum atomic E-state index is 11.9. The Morgan fingerprint density at radius 3 is 3.04 bits per heavy atom. The molecular weight excluding hydrogens is 294 g/mol. The zero-order chi connectivity index (χ0) is 16.1. The van der Waals surface area contributed by atoms with Crippen LogP contribution in [-0.2, 0) is 9.59 Å². The van der Waals surface area contributed by atoms with Crippen LogP contribution in [0.3, 0.4) is 0 Å². The van der Waals surface area contributed by atoms with Crippen molar-refractivity contribution in [3.05, 3.63) is 24.3 Å². The van der Waals surface area contributed by atoms with Crippen molar-refractivity contribution in [2.24, 2.45) is 0 Å². The molecule has 124 valence electrons. The fourth-order valence-corrected chi connectivity index (χ4v) is 3.06. The second-order valence-corrected chi connectivity index (χ2v) is 6.05. The molecule has 2 N–H and O–H groups in total. The number of rotatable bonds is 5. The predicted octanol–water partition coefficient (Wildman–Crippen LogP) is 1.06. The van der Waals surface area contributed by atoms with Gasteiger partial charge in [0.15, 0.2) is 6.61 Å². The normalized spacial score (nSPS) is 21.3. The summed E-state index contributed by atoms with van der Waals surface area (Å²) in [5.41, 5.74) is 0.835. The van der Waals surface area contributed by atoms with Gasteiger partial charge in [-0.3, -0.25) is 9.59 Å². The van der Waals surface area contributed by atoms with E-state index in [-0.39, 0.29) is 24.5 Å². The van der Waals surface area contributed by atoms with Crippen LogP contribution in [0.1, 0.15) is 25.7 Å². The first kappa shape index (κ1) is 15.8. The highest BCUT2D eigenvalue weighted by molar-refractivity contribution is 5.95. The van der Waals surface area contributed by atoms with Crippen molar-refractivity contribution in [3.63, 3.8) is 0 Å². The molecule has 0 unspecified atom stereocenters. The molecule has 0 saturated carbocycles. The van der Waals surface area contributed by atoms with E-state index in [4.69, 9.17) is 4.74 Å². The molecule has 0 aromatic heterocycles. The number of hydrogen-bond donors (Lipinski definition) is 2. The summed E-state index contributed by atoms with van der Waals surface area (Å²) >= 11 is 0. The molecule has 0 aliphatic carbocycles. The lowest BCUT2D eigenvalue weighted by atomic mass is 10.1. The fraction of sp³-hybridized carbons (Fsp3) is 0.529. The van der Waals surface area contributed by atoms with Gasteiger partial charge < -0.3 is 20.3 Å². The second-order valence-electron chi connectivity index (χ2n) is 6.05.